The van der Waals surface area contributed by atoms with Crippen LogP contribution in [0, 0.1) is 0 Å². The molecule has 0 aromatic heterocycles. The smallest absolute Gasteiger partial charge is 0.726 e. The maximum absolute atomic E-state index is 11.3. The Balaban J connectivity index is 0. The van der Waals surface area contributed by atoms with Crippen molar-refractivity contribution in [2.24, 2.45) is 0 Å². The van der Waals surface area contributed by atoms with Crippen molar-refractivity contribution in [3.8, 4) is 0 Å². The largest absolute Gasteiger partial charge is 1.00 e. The fraction of sp³-hybridized carbons (Fsp3) is 1.00. The summed E-state index contributed by atoms with van der Waals surface area (Å²) in [6.07, 6.45) is -19.8. The van der Waals surface area contributed by atoms with Gasteiger partial charge in [0.05, 0.1) is 13.2 Å². The van der Waals surface area contributed by atoms with E-state index in [2.05, 4.69) is 12.5 Å². The molecule has 0 aromatic rings. The van der Waals surface area contributed by atoms with E-state index in [0.29, 0.717) is 0 Å². The Kier molecular flexibility index (Phi) is 23.0. The third-order valence-electron chi connectivity index (χ3n) is 5.05. The van der Waals surface area contributed by atoms with Crippen molar-refractivity contribution >= 4 is 31.2 Å². The van der Waals surface area contributed by atoms with Gasteiger partial charge in [0.25, 0.3) is 0 Å². The normalized spacial score (nSPS) is 35.1. The second-order valence-corrected chi connectivity index (χ2v) is 10.5. The Morgan fingerprint density at radius 1 is 0.675 bits per heavy atom. The van der Waals surface area contributed by atoms with Gasteiger partial charge in [0.2, 0.25) is 31.2 Å². The summed E-state index contributed by atoms with van der Waals surface area (Å²) in [4.78, 5) is 0. The van der Waals surface area contributed by atoms with Gasteiger partial charge in [-0.05, 0) is 0 Å². The van der Waals surface area contributed by atoms with E-state index >= 15 is 0 Å². The number of aliphatic hydroxyl groups excluding tert-OH is 3. The quantitative estimate of drug-likeness (QED) is 0.0955. The second kappa shape index (κ2) is 19.9. The van der Waals surface area contributed by atoms with Crippen LogP contribution in [0.1, 0.15) is 0 Å². The molecule has 3 N–H and O–H groups in total. The minimum Gasteiger partial charge on any atom is -0.726 e. The molecule has 26 heteroatoms. The number of ether oxygens (including phenoxy) is 5. The molecular formula is C14H23K3O20S3. The van der Waals surface area contributed by atoms with Crippen LogP contribution in [-0.2, 0) is 67.4 Å². The molecule has 2 fully saturated rings. The van der Waals surface area contributed by atoms with Crippen LogP contribution < -0.4 is 154 Å². The van der Waals surface area contributed by atoms with Crippen LogP contribution in [0.4, 0.5) is 0 Å². The first-order valence-corrected chi connectivity index (χ1v) is 13.8. The zero-order valence-electron chi connectivity index (χ0n) is 21.7. The average molecular weight is 725 g/mol. The Morgan fingerprint density at radius 3 is 1.60 bits per heavy atom. The third-order valence-corrected chi connectivity index (χ3v) is 6.39. The molecule has 2 saturated heterocycles. The molecule has 0 spiro atoms. The predicted molar refractivity (Wildman–Crippen MR) is 104 cm³/mol. The van der Waals surface area contributed by atoms with Gasteiger partial charge in [-0.1, -0.05) is 0 Å². The van der Waals surface area contributed by atoms with Crippen molar-refractivity contribution in [1.29, 1.82) is 0 Å². The van der Waals surface area contributed by atoms with E-state index < -0.39 is 106 Å². The van der Waals surface area contributed by atoms with Crippen LogP contribution in [0.25, 0.3) is 0 Å². The van der Waals surface area contributed by atoms with Gasteiger partial charge >= 0.3 is 154 Å². The summed E-state index contributed by atoms with van der Waals surface area (Å²) in [5.41, 5.74) is 0. The van der Waals surface area contributed by atoms with Gasteiger partial charge in [0, 0.05) is 14.2 Å². The predicted octanol–water partition coefficient (Wildman–Crippen LogP) is -14.6. The van der Waals surface area contributed by atoms with Gasteiger partial charge < -0.3 is 52.7 Å². The van der Waals surface area contributed by atoms with Crippen molar-refractivity contribution < 1.29 is 245 Å². The fourth-order valence-electron chi connectivity index (χ4n) is 3.59. The number of hydrogen-bond donors (Lipinski definition) is 3. The molecule has 0 radical (unpaired) electrons. The van der Waals surface area contributed by atoms with Crippen LogP contribution >= 0.6 is 0 Å². The van der Waals surface area contributed by atoms with Crippen molar-refractivity contribution in [2.75, 3.05) is 27.4 Å². The van der Waals surface area contributed by atoms with Crippen LogP contribution in [0.2, 0.25) is 0 Å². The summed E-state index contributed by atoms with van der Waals surface area (Å²) in [6.45, 7) is -2.16. The molecule has 220 valence electrons. The van der Waals surface area contributed by atoms with E-state index in [1.54, 1.807) is 0 Å². The molecule has 0 bridgehead atoms. The zero-order chi connectivity index (χ0) is 28.3. The Hall–Kier alpha value is 4.20. The molecule has 2 aliphatic heterocycles. The van der Waals surface area contributed by atoms with Crippen molar-refractivity contribution in [2.45, 2.75) is 61.4 Å². The van der Waals surface area contributed by atoms with Crippen molar-refractivity contribution in [3.63, 3.8) is 0 Å². The molecule has 2 heterocycles. The number of methoxy groups -OCH3 is 2. The Labute approximate surface area is 357 Å². The first-order valence-electron chi connectivity index (χ1n) is 9.78. The first-order chi connectivity index (χ1) is 16.9. The fourth-order valence-corrected chi connectivity index (χ4v) is 4.84. The molecule has 40 heavy (non-hydrogen) atoms. The van der Waals surface area contributed by atoms with Gasteiger partial charge in [-0.3, -0.25) is 12.5 Å². The molecule has 2 aliphatic rings. The molecule has 0 amide bonds. The van der Waals surface area contributed by atoms with E-state index in [0.717, 1.165) is 14.2 Å². The summed E-state index contributed by atoms with van der Waals surface area (Å²) in [5, 5.41) is 30.5. The van der Waals surface area contributed by atoms with E-state index in [1.807, 2.05) is 0 Å². The summed E-state index contributed by atoms with van der Waals surface area (Å²) in [7, 11) is -14.6. The molecular weight excluding hydrogens is 702 g/mol. The number of aliphatic hydroxyl groups is 3. The summed E-state index contributed by atoms with van der Waals surface area (Å²) < 4.78 is 138. The van der Waals surface area contributed by atoms with Gasteiger partial charge in [-0.25, -0.2) is 25.3 Å². The van der Waals surface area contributed by atoms with Gasteiger partial charge in [0.1, 0.15) is 36.6 Å². The maximum atomic E-state index is 11.3. The molecule has 0 aliphatic carbocycles. The molecule has 10 atom stereocenters. The topological polar surface area (TPSA) is 306 Å². The third kappa shape index (κ3) is 14.5. The first kappa shape index (κ1) is 46.3. The Morgan fingerprint density at radius 2 is 1.18 bits per heavy atom. The van der Waals surface area contributed by atoms with Crippen LogP contribution in [0.3, 0.4) is 0 Å². The number of hydrogen-bond acceptors (Lipinski definition) is 20. The van der Waals surface area contributed by atoms with Crippen molar-refractivity contribution in [3.05, 3.63) is 0 Å². The minimum atomic E-state index is -5.56. The monoisotopic (exact) mass is 724 g/mol. The molecule has 10 unspecified atom stereocenters. The molecule has 20 nitrogen and oxygen atoms in total. The average Bonchev–Trinajstić information content (AvgIpc) is 2.75. The maximum Gasteiger partial charge on any atom is 1.00 e. The second-order valence-electron chi connectivity index (χ2n) is 7.42. The van der Waals surface area contributed by atoms with E-state index in [1.165, 1.54) is 0 Å². The standard InChI is InChI=1S/C14H26O20S3.3K/c1-27-10-7(16)5(3-15)30-14(12(10)34-37(24,25)26)32-9-6(4-29-35(18,19)20)31-13(28-2)11(8(9)17)33-36(21,22)23;;;/h5-17H,3-4H2,1-2H3,(H,18,19,20)(H,21,22,23)(H,24,25,26);;;/q;3*+1/p-3. The SMILES string of the molecule is COC1OC(COS(=O)(=O)[O-])C(OC2OC(CO)C(O)C(OC)C2OS(=O)(=O)[O-])C(O)C1OS(=O)(=O)[O-].[K+].[K+].[K+]. The van der Waals surface area contributed by atoms with E-state index in [9.17, 15) is 54.2 Å². The van der Waals surface area contributed by atoms with Gasteiger partial charge in [-0.15, -0.1) is 0 Å². The van der Waals surface area contributed by atoms with Crippen LogP contribution in [-0.4, -0.2) is 143 Å². The summed E-state index contributed by atoms with van der Waals surface area (Å²) >= 11 is 0. The zero-order valence-corrected chi connectivity index (χ0v) is 33.5. The number of rotatable bonds is 12. The molecule has 0 aromatic carbocycles. The van der Waals surface area contributed by atoms with Crippen LogP contribution in [0.15, 0.2) is 0 Å². The Bertz CT molecular complexity index is 1070. The van der Waals surface area contributed by atoms with E-state index in [4.69, 9.17) is 23.7 Å². The molecule has 0 saturated carbocycles. The molecule has 2 rings (SSSR count). The van der Waals surface area contributed by atoms with E-state index in [-0.39, 0.29) is 154 Å². The van der Waals surface area contributed by atoms with Gasteiger partial charge in [0.15, 0.2) is 24.8 Å². The van der Waals surface area contributed by atoms with Gasteiger partial charge in [-0.2, -0.15) is 0 Å². The summed E-state index contributed by atoms with van der Waals surface area (Å²) in [6, 6.07) is 0. The minimum absolute atomic E-state index is 0. The van der Waals surface area contributed by atoms with Crippen LogP contribution in [0.5, 0.6) is 0 Å². The summed E-state index contributed by atoms with van der Waals surface area (Å²) in [5.74, 6) is 0. The van der Waals surface area contributed by atoms with Crippen molar-refractivity contribution in [1.82, 2.24) is 0 Å².